The minimum absolute atomic E-state index is 0.145. The lowest BCUT2D eigenvalue weighted by Gasteiger charge is -2.37. The van der Waals surface area contributed by atoms with Gasteiger partial charge in [0.05, 0.1) is 41.6 Å². The van der Waals surface area contributed by atoms with Crippen molar-refractivity contribution in [3.8, 4) is 11.3 Å². The Morgan fingerprint density at radius 3 is 2.74 bits per heavy atom. The van der Waals surface area contributed by atoms with Gasteiger partial charge in [0.15, 0.2) is 0 Å². The number of hydrogen-bond acceptors (Lipinski definition) is 8. The van der Waals surface area contributed by atoms with Gasteiger partial charge in [0.2, 0.25) is 10.0 Å². The highest BCUT2D eigenvalue weighted by Gasteiger charge is 2.34. The molecule has 0 aliphatic carbocycles. The first-order valence-electron chi connectivity index (χ1n) is 9.84. The third-order valence-electron chi connectivity index (χ3n) is 5.27. The number of rotatable bonds is 8. The Bertz CT molecular complexity index is 1130. The van der Waals surface area contributed by atoms with Crippen molar-refractivity contribution in [3.05, 3.63) is 35.7 Å². The van der Waals surface area contributed by atoms with E-state index in [-0.39, 0.29) is 16.1 Å². The first-order valence-corrected chi connectivity index (χ1v) is 11.3. The molecule has 31 heavy (non-hydrogen) atoms. The zero-order valence-corrected chi connectivity index (χ0v) is 19.0. The van der Waals surface area contributed by atoms with E-state index in [9.17, 15) is 8.42 Å². The van der Waals surface area contributed by atoms with Gasteiger partial charge in [0.1, 0.15) is 5.82 Å². The van der Waals surface area contributed by atoms with E-state index in [0.717, 1.165) is 5.56 Å². The summed E-state index contributed by atoms with van der Waals surface area (Å²) in [7, 11) is -2.09. The number of ether oxygens (including phenoxy) is 1. The van der Waals surface area contributed by atoms with Crippen LogP contribution < -0.4 is 10.5 Å². The van der Waals surface area contributed by atoms with Crippen LogP contribution in [0.2, 0.25) is 0 Å². The molecule has 3 rings (SSSR count). The smallest absolute Gasteiger partial charge is 0.240 e. The zero-order chi connectivity index (χ0) is 22.8. The number of benzene rings is 1. The lowest BCUT2D eigenvalue weighted by atomic mass is 9.89. The lowest BCUT2D eigenvalue weighted by Crippen LogP contribution is -2.48. The fourth-order valence-corrected chi connectivity index (χ4v) is 4.48. The molecule has 1 aromatic heterocycles. The maximum absolute atomic E-state index is 12.9. The van der Waals surface area contributed by atoms with E-state index in [1.165, 1.54) is 6.20 Å². The van der Waals surface area contributed by atoms with Gasteiger partial charge < -0.3 is 15.9 Å². The molecule has 1 aliphatic heterocycles. The van der Waals surface area contributed by atoms with Crippen LogP contribution in [0.5, 0.6) is 0 Å². The summed E-state index contributed by atoms with van der Waals surface area (Å²) >= 11 is 0. The van der Waals surface area contributed by atoms with Crippen LogP contribution in [0.15, 0.2) is 34.3 Å². The standard InChI is InChI=1S/C21H28N6O3S/c1-13-5-6-15(31(28,29)26-10-21(3)11-30-12-21)7-16(13)18-9-25-20(23)19(27-18)17(8-24-4)14(2)22/h5-9,17,22,26H,10-12H2,1-4H3,(H2,23,25). The topological polar surface area (TPSA) is 143 Å². The Hall–Kier alpha value is -2.69. The zero-order valence-electron chi connectivity index (χ0n) is 18.1. The van der Waals surface area contributed by atoms with Gasteiger partial charge in [-0.1, -0.05) is 13.0 Å². The fraction of sp³-hybridized carbons (Fsp3) is 0.429. The monoisotopic (exact) mass is 444 g/mol. The summed E-state index contributed by atoms with van der Waals surface area (Å²) in [5, 5.41) is 8.03. The molecule has 0 saturated carbocycles. The third kappa shape index (κ3) is 4.97. The number of aryl methyl sites for hydroxylation is 1. The molecule has 0 bridgehead atoms. The van der Waals surface area contributed by atoms with E-state index in [4.69, 9.17) is 15.9 Å². The van der Waals surface area contributed by atoms with Crippen molar-refractivity contribution in [1.82, 2.24) is 14.7 Å². The number of sulfonamides is 1. The molecule has 1 aromatic carbocycles. The summed E-state index contributed by atoms with van der Waals surface area (Å²) in [4.78, 5) is 13.0. The first kappa shape index (κ1) is 23.0. The highest BCUT2D eigenvalue weighted by atomic mass is 32.2. The van der Waals surface area contributed by atoms with Crippen LogP contribution in [-0.4, -0.2) is 57.1 Å². The molecule has 0 radical (unpaired) electrons. The summed E-state index contributed by atoms with van der Waals surface area (Å²) in [5.41, 5.74) is 8.54. The summed E-state index contributed by atoms with van der Waals surface area (Å²) in [6.07, 6.45) is 3.10. The van der Waals surface area contributed by atoms with Crippen molar-refractivity contribution in [2.24, 2.45) is 10.4 Å². The fourth-order valence-electron chi connectivity index (χ4n) is 3.26. The van der Waals surface area contributed by atoms with Crippen molar-refractivity contribution in [2.45, 2.75) is 31.6 Å². The summed E-state index contributed by atoms with van der Waals surface area (Å²) in [5.74, 6) is -0.295. The molecule has 10 heteroatoms. The maximum Gasteiger partial charge on any atom is 0.240 e. The van der Waals surface area contributed by atoms with Crippen LogP contribution in [0.3, 0.4) is 0 Å². The van der Waals surface area contributed by atoms with Gasteiger partial charge in [0, 0.05) is 36.5 Å². The molecule has 1 fully saturated rings. The van der Waals surface area contributed by atoms with Gasteiger partial charge >= 0.3 is 0 Å². The van der Waals surface area contributed by atoms with E-state index in [0.29, 0.717) is 42.4 Å². The predicted molar refractivity (Wildman–Crippen MR) is 121 cm³/mol. The molecular weight excluding hydrogens is 416 g/mol. The molecular formula is C21H28N6O3S. The molecule has 0 amide bonds. The number of nitrogens with zero attached hydrogens (tertiary/aromatic N) is 3. The van der Waals surface area contributed by atoms with Gasteiger partial charge in [-0.3, -0.25) is 4.99 Å². The SMILES string of the molecule is CN=CC(C(C)=N)c1nc(-c2cc(S(=O)(=O)NCC3(C)COC3)ccc2C)cnc1N. The van der Waals surface area contributed by atoms with Crippen LogP contribution in [0.4, 0.5) is 5.82 Å². The quantitative estimate of drug-likeness (QED) is 0.532. The Balaban J connectivity index is 1.98. The molecule has 9 nitrogen and oxygen atoms in total. The summed E-state index contributed by atoms with van der Waals surface area (Å²) < 4.78 is 33.6. The average Bonchev–Trinajstić information content (AvgIpc) is 2.70. The second kappa shape index (κ2) is 8.81. The van der Waals surface area contributed by atoms with Crippen molar-refractivity contribution in [1.29, 1.82) is 5.41 Å². The molecule has 2 heterocycles. The van der Waals surface area contributed by atoms with Crippen LogP contribution in [-0.2, 0) is 14.8 Å². The Morgan fingerprint density at radius 2 is 2.16 bits per heavy atom. The van der Waals surface area contributed by atoms with Crippen LogP contribution in [0.25, 0.3) is 11.3 Å². The number of aromatic nitrogens is 2. The second-order valence-electron chi connectivity index (χ2n) is 8.20. The normalized spacial score (nSPS) is 16.8. The van der Waals surface area contributed by atoms with Crippen molar-refractivity contribution >= 4 is 27.8 Å². The first-order chi connectivity index (χ1) is 14.6. The van der Waals surface area contributed by atoms with E-state index >= 15 is 0 Å². The van der Waals surface area contributed by atoms with Gasteiger partial charge in [-0.15, -0.1) is 0 Å². The van der Waals surface area contributed by atoms with Gasteiger partial charge in [-0.2, -0.15) is 0 Å². The Morgan fingerprint density at radius 1 is 1.45 bits per heavy atom. The van der Waals surface area contributed by atoms with Crippen LogP contribution in [0.1, 0.15) is 31.0 Å². The van der Waals surface area contributed by atoms with Crippen molar-refractivity contribution in [3.63, 3.8) is 0 Å². The number of hydrogen-bond donors (Lipinski definition) is 3. The van der Waals surface area contributed by atoms with Gasteiger partial charge in [-0.25, -0.2) is 23.1 Å². The number of nitrogens with one attached hydrogen (secondary N) is 2. The van der Waals surface area contributed by atoms with Gasteiger partial charge in [-0.05, 0) is 31.5 Å². The van der Waals surface area contributed by atoms with Crippen molar-refractivity contribution in [2.75, 3.05) is 32.5 Å². The molecule has 4 N–H and O–H groups in total. The van der Waals surface area contributed by atoms with E-state index in [1.807, 2.05) is 13.8 Å². The highest BCUT2D eigenvalue weighted by Crippen LogP contribution is 2.29. The molecule has 0 spiro atoms. The van der Waals surface area contributed by atoms with E-state index in [1.54, 1.807) is 38.4 Å². The van der Waals surface area contributed by atoms with Crippen LogP contribution >= 0.6 is 0 Å². The van der Waals surface area contributed by atoms with E-state index < -0.39 is 15.9 Å². The minimum atomic E-state index is -3.71. The summed E-state index contributed by atoms with van der Waals surface area (Å²) in [6, 6.07) is 4.89. The maximum atomic E-state index is 12.9. The van der Waals surface area contributed by atoms with Gasteiger partial charge in [0.25, 0.3) is 0 Å². The molecule has 2 aromatic rings. The summed E-state index contributed by atoms with van der Waals surface area (Å²) in [6.45, 7) is 6.88. The van der Waals surface area contributed by atoms with Crippen molar-refractivity contribution < 1.29 is 13.2 Å². The lowest BCUT2D eigenvalue weighted by molar-refractivity contribution is -0.0965. The molecule has 1 aliphatic rings. The molecule has 1 unspecified atom stereocenters. The number of aliphatic imine (C=N–C) groups is 1. The molecule has 166 valence electrons. The van der Waals surface area contributed by atoms with E-state index in [2.05, 4.69) is 19.7 Å². The largest absolute Gasteiger partial charge is 0.382 e. The number of nitrogens with two attached hydrogens (primary N) is 1. The predicted octanol–water partition coefficient (Wildman–Crippen LogP) is 2.17. The Kier molecular flexibility index (Phi) is 6.54. The molecule has 1 atom stereocenters. The Labute approximate surface area is 182 Å². The number of nitrogen functional groups attached to an aromatic ring is 1. The van der Waals surface area contributed by atoms with Crippen LogP contribution in [0, 0.1) is 17.7 Å². The minimum Gasteiger partial charge on any atom is -0.382 e. The molecule has 1 saturated heterocycles. The number of anilines is 1. The third-order valence-corrected chi connectivity index (χ3v) is 6.67. The highest BCUT2D eigenvalue weighted by molar-refractivity contribution is 7.89. The second-order valence-corrected chi connectivity index (χ2v) is 9.97. The average molecular weight is 445 g/mol.